The number of hydrogen-bond donors (Lipinski definition) is 0. The van der Waals surface area contributed by atoms with E-state index in [2.05, 4.69) is 0 Å². The van der Waals surface area contributed by atoms with E-state index >= 15 is 0 Å². The van der Waals surface area contributed by atoms with Gasteiger partial charge in [-0.2, -0.15) is 0 Å². The van der Waals surface area contributed by atoms with Gasteiger partial charge in [0.25, 0.3) is 0 Å². The van der Waals surface area contributed by atoms with Gasteiger partial charge >= 0.3 is 0 Å². The SMILES string of the molecule is O=C(CSc1ccc(F)cc1)Cc1ccc(F)cc1Cl. The molecule has 0 N–H and O–H groups in total. The van der Waals surface area contributed by atoms with Gasteiger partial charge in [0.15, 0.2) is 0 Å². The predicted octanol–water partition coefficient (Wildman–Crippen LogP) is 4.52. The smallest absolute Gasteiger partial charge is 0.147 e. The van der Waals surface area contributed by atoms with Crippen LogP contribution in [0.3, 0.4) is 0 Å². The molecule has 0 saturated carbocycles. The lowest BCUT2D eigenvalue weighted by Gasteiger charge is -2.04. The van der Waals surface area contributed by atoms with E-state index in [-0.39, 0.29) is 28.8 Å². The number of hydrogen-bond acceptors (Lipinski definition) is 2. The minimum Gasteiger partial charge on any atom is -0.298 e. The summed E-state index contributed by atoms with van der Waals surface area (Å²) < 4.78 is 25.6. The van der Waals surface area contributed by atoms with Crippen molar-refractivity contribution < 1.29 is 13.6 Å². The highest BCUT2D eigenvalue weighted by molar-refractivity contribution is 8.00. The van der Waals surface area contributed by atoms with Crippen molar-refractivity contribution in [2.75, 3.05) is 5.75 Å². The maximum atomic E-state index is 12.9. The molecular weight excluding hydrogens is 302 g/mol. The van der Waals surface area contributed by atoms with Gasteiger partial charge in [-0.3, -0.25) is 4.79 Å². The van der Waals surface area contributed by atoms with Crippen LogP contribution in [0.25, 0.3) is 0 Å². The standard InChI is InChI=1S/C15H11ClF2OS/c16-15-8-12(18)2-1-10(15)7-13(19)9-20-14-5-3-11(17)4-6-14/h1-6,8H,7,9H2. The summed E-state index contributed by atoms with van der Waals surface area (Å²) in [5.74, 6) is -0.488. The van der Waals surface area contributed by atoms with Crippen LogP contribution in [0.2, 0.25) is 5.02 Å². The third kappa shape index (κ3) is 4.32. The number of carbonyl (C=O) groups excluding carboxylic acids is 1. The summed E-state index contributed by atoms with van der Waals surface area (Å²) in [5.41, 5.74) is 0.609. The maximum Gasteiger partial charge on any atom is 0.147 e. The summed E-state index contributed by atoms with van der Waals surface area (Å²) in [6.45, 7) is 0. The molecular formula is C15H11ClF2OS. The van der Waals surface area contributed by atoms with Gasteiger partial charge in [0.05, 0.1) is 5.75 Å². The van der Waals surface area contributed by atoms with Crippen molar-refractivity contribution in [1.82, 2.24) is 0 Å². The van der Waals surface area contributed by atoms with Crippen LogP contribution in [0.5, 0.6) is 0 Å². The number of Topliss-reactive ketones (excluding diaryl/α,β-unsaturated/α-hetero) is 1. The van der Waals surface area contributed by atoms with Crippen LogP contribution < -0.4 is 0 Å². The fourth-order valence-electron chi connectivity index (χ4n) is 1.62. The zero-order chi connectivity index (χ0) is 14.5. The average molecular weight is 313 g/mol. The van der Waals surface area contributed by atoms with Crippen LogP contribution in [-0.2, 0) is 11.2 Å². The molecule has 0 bridgehead atoms. The molecule has 1 nitrogen and oxygen atoms in total. The van der Waals surface area contributed by atoms with Crippen molar-refractivity contribution >= 4 is 29.1 Å². The highest BCUT2D eigenvalue weighted by Crippen LogP contribution is 2.21. The maximum absolute atomic E-state index is 12.9. The number of thioether (sulfide) groups is 1. The largest absolute Gasteiger partial charge is 0.298 e. The monoisotopic (exact) mass is 312 g/mol. The first kappa shape index (κ1) is 15.0. The van der Waals surface area contributed by atoms with Gasteiger partial charge in [0.2, 0.25) is 0 Å². The van der Waals surface area contributed by atoms with E-state index in [1.807, 2.05) is 0 Å². The Morgan fingerprint density at radius 2 is 1.70 bits per heavy atom. The molecule has 2 aromatic rings. The summed E-state index contributed by atoms with van der Waals surface area (Å²) in [4.78, 5) is 12.7. The number of carbonyl (C=O) groups is 1. The average Bonchev–Trinajstić information content (AvgIpc) is 2.41. The van der Waals surface area contributed by atoms with Crippen molar-refractivity contribution in [3.8, 4) is 0 Å². The van der Waals surface area contributed by atoms with Crippen molar-refractivity contribution in [3.05, 3.63) is 64.7 Å². The highest BCUT2D eigenvalue weighted by atomic mass is 35.5. The number of rotatable bonds is 5. The summed E-state index contributed by atoms with van der Waals surface area (Å²) in [6.07, 6.45) is 0.160. The van der Waals surface area contributed by atoms with Crippen molar-refractivity contribution in [2.24, 2.45) is 0 Å². The minimum absolute atomic E-state index is 0.0205. The second kappa shape index (κ2) is 6.86. The van der Waals surface area contributed by atoms with Crippen molar-refractivity contribution in [2.45, 2.75) is 11.3 Å². The summed E-state index contributed by atoms with van der Waals surface area (Å²) in [6, 6.07) is 9.93. The first-order valence-corrected chi connectivity index (χ1v) is 7.25. The fraction of sp³-hybridized carbons (Fsp3) is 0.133. The Hall–Kier alpha value is -1.39. The van der Waals surface area contributed by atoms with Gasteiger partial charge in [0.1, 0.15) is 17.4 Å². The molecule has 2 aromatic carbocycles. The van der Waals surface area contributed by atoms with Crippen molar-refractivity contribution in [1.29, 1.82) is 0 Å². The van der Waals surface area contributed by atoms with E-state index in [1.54, 1.807) is 12.1 Å². The topological polar surface area (TPSA) is 17.1 Å². The van der Waals surface area contributed by atoms with Crippen LogP contribution in [0.15, 0.2) is 47.4 Å². The molecule has 0 aromatic heterocycles. The molecule has 0 amide bonds. The molecule has 0 aliphatic heterocycles. The van der Waals surface area contributed by atoms with E-state index < -0.39 is 5.82 Å². The highest BCUT2D eigenvalue weighted by Gasteiger charge is 2.09. The summed E-state index contributed by atoms with van der Waals surface area (Å²) in [5, 5.41) is 0.255. The van der Waals surface area contributed by atoms with Gasteiger partial charge in [-0.1, -0.05) is 17.7 Å². The molecule has 5 heteroatoms. The Morgan fingerprint density at radius 1 is 1.05 bits per heavy atom. The molecule has 0 saturated heterocycles. The van der Waals surface area contributed by atoms with Gasteiger partial charge in [-0.05, 0) is 42.0 Å². The van der Waals surface area contributed by atoms with E-state index in [0.29, 0.717) is 5.56 Å². The Balaban J connectivity index is 1.90. The van der Waals surface area contributed by atoms with Crippen LogP contribution >= 0.6 is 23.4 Å². The summed E-state index contributed by atoms with van der Waals surface area (Å²) in [7, 11) is 0. The normalized spacial score (nSPS) is 10.6. The Kier molecular flexibility index (Phi) is 5.15. The lowest BCUT2D eigenvalue weighted by molar-refractivity contribution is -0.116. The van der Waals surface area contributed by atoms with Gasteiger partial charge in [-0.25, -0.2) is 8.78 Å². The molecule has 0 unspecified atom stereocenters. The molecule has 0 heterocycles. The summed E-state index contributed by atoms with van der Waals surface area (Å²) >= 11 is 7.20. The third-order valence-electron chi connectivity index (χ3n) is 2.62. The Bertz CT molecular complexity index is 614. The van der Waals surface area contributed by atoms with Crippen LogP contribution in [0.4, 0.5) is 8.78 Å². The Morgan fingerprint density at radius 3 is 2.35 bits per heavy atom. The predicted molar refractivity (Wildman–Crippen MR) is 77.2 cm³/mol. The quantitative estimate of drug-likeness (QED) is 0.755. The Labute approximate surface area is 125 Å². The number of halogens is 3. The molecule has 0 fully saturated rings. The number of ketones is 1. The molecule has 0 spiro atoms. The number of benzene rings is 2. The van der Waals surface area contributed by atoms with E-state index in [4.69, 9.17) is 11.6 Å². The second-order valence-electron chi connectivity index (χ2n) is 4.19. The molecule has 104 valence electrons. The molecule has 2 rings (SSSR count). The molecule has 0 atom stereocenters. The first-order chi connectivity index (χ1) is 9.54. The lowest BCUT2D eigenvalue weighted by Crippen LogP contribution is -2.06. The van der Waals surface area contributed by atoms with E-state index in [0.717, 1.165) is 4.90 Å². The zero-order valence-electron chi connectivity index (χ0n) is 10.4. The van der Waals surface area contributed by atoms with Gasteiger partial charge in [-0.15, -0.1) is 11.8 Å². The molecule has 0 radical (unpaired) electrons. The molecule has 0 aliphatic rings. The fourth-order valence-corrected chi connectivity index (χ4v) is 2.62. The van der Waals surface area contributed by atoms with Crippen LogP contribution in [-0.4, -0.2) is 11.5 Å². The van der Waals surface area contributed by atoms with Gasteiger partial charge in [0, 0.05) is 16.3 Å². The van der Waals surface area contributed by atoms with Crippen LogP contribution in [0, 0.1) is 11.6 Å². The lowest BCUT2D eigenvalue weighted by atomic mass is 10.1. The van der Waals surface area contributed by atoms with Crippen molar-refractivity contribution in [3.63, 3.8) is 0 Å². The zero-order valence-corrected chi connectivity index (χ0v) is 12.0. The third-order valence-corrected chi connectivity index (χ3v) is 4.04. The van der Waals surface area contributed by atoms with Crippen LogP contribution in [0.1, 0.15) is 5.56 Å². The molecule has 0 aliphatic carbocycles. The first-order valence-electron chi connectivity index (χ1n) is 5.88. The van der Waals surface area contributed by atoms with E-state index in [9.17, 15) is 13.6 Å². The second-order valence-corrected chi connectivity index (χ2v) is 5.65. The van der Waals surface area contributed by atoms with E-state index in [1.165, 1.54) is 42.1 Å². The van der Waals surface area contributed by atoms with Gasteiger partial charge < -0.3 is 0 Å². The minimum atomic E-state index is -0.424. The molecule has 20 heavy (non-hydrogen) atoms.